The highest BCUT2D eigenvalue weighted by atomic mass is 16.4. The molecule has 31 heavy (non-hydrogen) atoms. The largest absolute Gasteiger partial charge is 0.508 e. The van der Waals surface area contributed by atoms with E-state index in [1.807, 2.05) is 0 Å². The Labute approximate surface area is 180 Å². The fourth-order valence-electron chi connectivity index (χ4n) is 3.32. The van der Waals surface area contributed by atoms with Crippen molar-refractivity contribution in [2.45, 2.75) is 51.2 Å². The molecule has 10 heteroatoms. The Balaban J connectivity index is 2.13. The average molecular weight is 434 g/mol. The molecule has 3 atom stereocenters. The standard InChI is InChI=1S/C21H30N4O6/c1-12(2)18(21(31)23-11-17(27)28)25-20(30)16(10-13-5-7-14(26)8-6-13)24-19(29)15-4-3-9-22-15/h5-8,12,15-16,18,22,26H,3-4,9-11H2,1-2H3,(H,23,31)(H,24,29)(H,25,30)(H,27,28). The van der Waals surface area contributed by atoms with Crippen LogP contribution in [0.1, 0.15) is 32.3 Å². The SMILES string of the molecule is CC(C)C(NC(=O)C(Cc1ccc(O)cc1)NC(=O)C1CCCN1)C(=O)NCC(=O)O. The second kappa shape index (κ2) is 11.3. The number of aromatic hydroxyl groups is 1. The Hall–Kier alpha value is -3.14. The molecular formula is C21H30N4O6. The normalized spacial score (nSPS) is 17.6. The Bertz CT molecular complexity index is 790. The highest BCUT2D eigenvalue weighted by Crippen LogP contribution is 2.13. The molecule has 1 saturated heterocycles. The minimum atomic E-state index is -1.19. The third-order valence-electron chi connectivity index (χ3n) is 5.05. The zero-order chi connectivity index (χ0) is 23.0. The summed E-state index contributed by atoms with van der Waals surface area (Å²) >= 11 is 0. The van der Waals surface area contributed by atoms with Gasteiger partial charge in [0.15, 0.2) is 0 Å². The van der Waals surface area contributed by atoms with Gasteiger partial charge in [-0.05, 0) is 43.0 Å². The molecule has 0 bridgehead atoms. The van der Waals surface area contributed by atoms with Gasteiger partial charge < -0.3 is 31.5 Å². The number of benzene rings is 1. The summed E-state index contributed by atoms with van der Waals surface area (Å²) in [5.74, 6) is -2.88. The van der Waals surface area contributed by atoms with E-state index in [9.17, 15) is 24.3 Å². The fraction of sp³-hybridized carbons (Fsp3) is 0.524. The van der Waals surface area contributed by atoms with Crippen molar-refractivity contribution in [1.29, 1.82) is 0 Å². The summed E-state index contributed by atoms with van der Waals surface area (Å²) in [6, 6.07) is 3.98. The van der Waals surface area contributed by atoms with Crippen molar-refractivity contribution in [3.63, 3.8) is 0 Å². The molecule has 1 aromatic carbocycles. The number of aliphatic carboxylic acids is 1. The summed E-state index contributed by atoms with van der Waals surface area (Å²) in [5.41, 5.74) is 0.717. The first kappa shape index (κ1) is 24.1. The maximum absolute atomic E-state index is 13.0. The number of hydrogen-bond donors (Lipinski definition) is 6. The van der Waals surface area contributed by atoms with Crippen LogP contribution in [0.2, 0.25) is 0 Å². The number of carbonyl (C=O) groups excluding carboxylic acids is 3. The molecule has 2 rings (SSSR count). The number of hydrogen-bond acceptors (Lipinski definition) is 6. The van der Waals surface area contributed by atoms with Gasteiger partial charge in [0.05, 0.1) is 6.04 Å². The molecule has 10 nitrogen and oxygen atoms in total. The minimum absolute atomic E-state index is 0.0823. The number of rotatable bonds is 10. The van der Waals surface area contributed by atoms with Crippen LogP contribution in [-0.4, -0.2) is 65.1 Å². The molecular weight excluding hydrogens is 404 g/mol. The quantitative estimate of drug-likeness (QED) is 0.290. The lowest BCUT2D eigenvalue weighted by Crippen LogP contribution is -2.57. The van der Waals surface area contributed by atoms with E-state index in [1.165, 1.54) is 12.1 Å². The molecule has 0 spiro atoms. The average Bonchev–Trinajstić information content (AvgIpc) is 3.26. The summed E-state index contributed by atoms with van der Waals surface area (Å²) in [5, 5.41) is 29.0. The van der Waals surface area contributed by atoms with Crippen molar-refractivity contribution in [3.8, 4) is 5.75 Å². The van der Waals surface area contributed by atoms with Crippen molar-refractivity contribution >= 4 is 23.7 Å². The molecule has 6 N–H and O–H groups in total. The first-order valence-electron chi connectivity index (χ1n) is 10.3. The second-order valence-electron chi connectivity index (χ2n) is 7.92. The van der Waals surface area contributed by atoms with Gasteiger partial charge in [-0.25, -0.2) is 0 Å². The maximum atomic E-state index is 13.0. The van der Waals surface area contributed by atoms with E-state index in [2.05, 4.69) is 21.3 Å². The number of carbonyl (C=O) groups is 4. The highest BCUT2D eigenvalue weighted by molar-refractivity contribution is 5.94. The molecule has 0 aliphatic carbocycles. The number of phenols is 1. The van der Waals surface area contributed by atoms with Crippen molar-refractivity contribution < 1.29 is 29.4 Å². The predicted octanol–water partition coefficient (Wildman–Crippen LogP) is -0.487. The lowest BCUT2D eigenvalue weighted by atomic mass is 10.0. The molecule has 1 aliphatic heterocycles. The molecule has 3 amide bonds. The van der Waals surface area contributed by atoms with E-state index >= 15 is 0 Å². The van der Waals surface area contributed by atoms with Crippen LogP contribution in [0.4, 0.5) is 0 Å². The van der Waals surface area contributed by atoms with E-state index in [-0.39, 0.29) is 30.0 Å². The van der Waals surface area contributed by atoms with Crippen molar-refractivity contribution in [2.75, 3.05) is 13.1 Å². The monoisotopic (exact) mass is 434 g/mol. The molecule has 1 aromatic rings. The van der Waals surface area contributed by atoms with E-state index in [0.717, 1.165) is 13.0 Å². The molecule has 0 aromatic heterocycles. The Morgan fingerprint density at radius 1 is 1.10 bits per heavy atom. The van der Waals surface area contributed by atoms with Gasteiger partial charge in [-0.2, -0.15) is 0 Å². The van der Waals surface area contributed by atoms with E-state index < -0.39 is 36.4 Å². The van der Waals surface area contributed by atoms with Gasteiger partial charge in [-0.15, -0.1) is 0 Å². The highest BCUT2D eigenvalue weighted by Gasteiger charge is 2.31. The number of carboxylic acid groups (broad SMARTS) is 1. The summed E-state index contributed by atoms with van der Waals surface area (Å²) in [7, 11) is 0. The van der Waals surface area contributed by atoms with E-state index in [4.69, 9.17) is 5.11 Å². The van der Waals surface area contributed by atoms with Crippen molar-refractivity contribution in [2.24, 2.45) is 5.92 Å². The van der Waals surface area contributed by atoms with Crippen LogP contribution in [0.5, 0.6) is 5.75 Å². The topological polar surface area (TPSA) is 157 Å². The van der Waals surface area contributed by atoms with Gasteiger partial charge in [-0.1, -0.05) is 26.0 Å². The molecule has 1 heterocycles. The molecule has 1 fully saturated rings. The zero-order valence-electron chi connectivity index (χ0n) is 17.7. The molecule has 1 aliphatic rings. The number of amides is 3. The molecule has 0 saturated carbocycles. The number of nitrogens with one attached hydrogen (secondary N) is 4. The smallest absolute Gasteiger partial charge is 0.322 e. The lowest BCUT2D eigenvalue weighted by Gasteiger charge is -2.26. The third-order valence-corrected chi connectivity index (χ3v) is 5.05. The summed E-state index contributed by atoms with van der Waals surface area (Å²) in [4.78, 5) is 48.7. The second-order valence-corrected chi connectivity index (χ2v) is 7.92. The Morgan fingerprint density at radius 3 is 2.32 bits per heavy atom. The van der Waals surface area contributed by atoms with Gasteiger partial charge in [-0.3, -0.25) is 19.2 Å². The van der Waals surface area contributed by atoms with Crippen LogP contribution < -0.4 is 21.3 Å². The number of carboxylic acids is 1. The molecule has 0 radical (unpaired) electrons. The van der Waals surface area contributed by atoms with Gasteiger partial charge >= 0.3 is 5.97 Å². The summed E-state index contributed by atoms with van der Waals surface area (Å²) in [6.45, 7) is 3.62. The fourth-order valence-corrected chi connectivity index (χ4v) is 3.32. The van der Waals surface area contributed by atoms with Crippen LogP contribution >= 0.6 is 0 Å². The van der Waals surface area contributed by atoms with Gasteiger partial charge in [0.25, 0.3) is 0 Å². The van der Waals surface area contributed by atoms with Crippen LogP contribution in [0.3, 0.4) is 0 Å². The van der Waals surface area contributed by atoms with Crippen LogP contribution in [0, 0.1) is 5.92 Å². The third kappa shape index (κ3) is 7.56. The molecule has 3 unspecified atom stereocenters. The Kier molecular flexibility index (Phi) is 8.80. The minimum Gasteiger partial charge on any atom is -0.508 e. The molecule has 170 valence electrons. The maximum Gasteiger partial charge on any atom is 0.322 e. The van der Waals surface area contributed by atoms with Crippen molar-refractivity contribution in [1.82, 2.24) is 21.3 Å². The van der Waals surface area contributed by atoms with Gasteiger partial charge in [0.1, 0.15) is 24.4 Å². The van der Waals surface area contributed by atoms with Gasteiger partial charge in [0, 0.05) is 6.42 Å². The first-order valence-corrected chi connectivity index (χ1v) is 10.3. The van der Waals surface area contributed by atoms with E-state index in [1.54, 1.807) is 26.0 Å². The number of phenolic OH excluding ortho intramolecular Hbond substituents is 1. The van der Waals surface area contributed by atoms with Crippen molar-refractivity contribution in [3.05, 3.63) is 29.8 Å². The Morgan fingerprint density at radius 2 is 1.77 bits per heavy atom. The van der Waals surface area contributed by atoms with Crippen LogP contribution in [-0.2, 0) is 25.6 Å². The predicted molar refractivity (Wildman–Crippen MR) is 112 cm³/mol. The van der Waals surface area contributed by atoms with Crippen LogP contribution in [0.25, 0.3) is 0 Å². The first-order chi connectivity index (χ1) is 14.7. The summed E-state index contributed by atoms with van der Waals surface area (Å²) in [6.07, 6.45) is 1.70. The van der Waals surface area contributed by atoms with E-state index in [0.29, 0.717) is 12.0 Å². The zero-order valence-corrected chi connectivity index (χ0v) is 17.7. The lowest BCUT2D eigenvalue weighted by molar-refractivity contribution is -0.139. The van der Waals surface area contributed by atoms with Gasteiger partial charge in [0.2, 0.25) is 17.7 Å². The summed E-state index contributed by atoms with van der Waals surface area (Å²) < 4.78 is 0. The van der Waals surface area contributed by atoms with Crippen LogP contribution in [0.15, 0.2) is 24.3 Å².